The third-order valence-corrected chi connectivity index (χ3v) is 5.85. The SMILES string of the molecule is COCc1nocc1C(=O)N1C[C@H](c2nc(C3CC3)n[nH]2)[C@@H](C2CC2)C1. The van der Waals surface area contributed by atoms with Crippen molar-refractivity contribution >= 4 is 5.91 Å². The molecule has 3 aliphatic rings. The topological polar surface area (TPSA) is 97.1 Å². The normalized spacial score (nSPS) is 25.8. The third kappa shape index (κ3) is 2.82. The number of carbonyl (C=O) groups excluding carboxylic acids is 1. The first-order chi connectivity index (χ1) is 12.7. The van der Waals surface area contributed by atoms with Gasteiger partial charge in [0.25, 0.3) is 5.91 Å². The summed E-state index contributed by atoms with van der Waals surface area (Å²) in [4.78, 5) is 19.7. The van der Waals surface area contributed by atoms with Crippen molar-refractivity contribution in [2.45, 2.75) is 44.1 Å². The second-order valence-corrected chi connectivity index (χ2v) is 7.78. The number of hydrogen-bond donors (Lipinski definition) is 1. The number of rotatable bonds is 6. The van der Waals surface area contributed by atoms with Crippen LogP contribution < -0.4 is 0 Å². The molecule has 2 aliphatic carbocycles. The van der Waals surface area contributed by atoms with Crippen LogP contribution in [0.25, 0.3) is 0 Å². The highest BCUT2D eigenvalue weighted by Crippen LogP contribution is 2.47. The Hall–Kier alpha value is -2.22. The first-order valence-electron chi connectivity index (χ1n) is 9.38. The molecule has 1 saturated heterocycles. The van der Waals surface area contributed by atoms with E-state index in [2.05, 4.69) is 15.4 Å². The van der Waals surface area contributed by atoms with Gasteiger partial charge in [0.05, 0.1) is 6.61 Å². The molecule has 0 bridgehead atoms. The van der Waals surface area contributed by atoms with Crippen LogP contribution in [0.3, 0.4) is 0 Å². The number of aromatic amines is 1. The second kappa shape index (κ2) is 6.19. The van der Waals surface area contributed by atoms with E-state index < -0.39 is 0 Å². The maximum Gasteiger partial charge on any atom is 0.259 e. The zero-order chi connectivity index (χ0) is 17.7. The van der Waals surface area contributed by atoms with Gasteiger partial charge in [0, 0.05) is 32.0 Å². The number of H-pyrrole nitrogens is 1. The molecule has 2 aromatic rings. The fourth-order valence-electron chi connectivity index (χ4n) is 4.11. The van der Waals surface area contributed by atoms with E-state index in [4.69, 9.17) is 14.2 Å². The van der Waals surface area contributed by atoms with Gasteiger partial charge in [-0.1, -0.05) is 5.16 Å². The Morgan fingerprint density at radius 3 is 2.92 bits per heavy atom. The van der Waals surface area contributed by atoms with E-state index in [9.17, 15) is 4.79 Å². The summed E-state index contributed by atoms with van der Waals surface area (Å²) >= 11 is 0. The van der Waals surface area contributed by atoms with E-state index in [-0.39, 0.29) is 18.4 Å². The maximum absolute atomic E-state index is 13.0. The standard InChI is InChI=1S/C18H23N5O3/c1-25-9-15-14(8-26-22-15)18(24)23-6-12(10-2-3-10)13(7-23)17-19-16(20-21-17)11-4-5-11/h8,10-13H,2-7,9H2,1H3,(H,19,20,21)/t12-,13+/m1/s1. The van der Waals surface area contributed by atoms with Gasteiger partial charge in [0.2, 0.25) is 0 Å². The smallest absolute Gasteiger partial charge is 0.259 e. The van der Waals surface area contributed by atoms with Crippen molar-refractivity contribution in [3.05, 3.63) is 29.2 Å². The highest BCUT2D eigenvalue weighted by Gasteiger charge is 2.46. The molecule has 2 aromatic heterocycles. The van der Waals surface area contributed by atoms with Crippen molar-refractivity contribution in [1.82, 2.24) is 25.2 Å². The Kier molecular flexibility index (Phi) is 3.81. The van der Waals surface area contributed by atoms with E-state index in [1.165, 1.54) is 31.9 Å². The maximum atomic E-state index is 13.0. The Bertz CT molecular complexity index is 807. The van der Waals surface area contributed by atoms with Gasteiger partial charge < -0.3 is 14.2 Å². The van der Waals surface area contributed by atoms with Crippen molar-refractivity contribution in [3.8, 4) is 0 Å². The lowest BCUT2D eigenvalue weighted by molar-refractivity contribution is 0.0779. The molecule has 5 rings (SSSR count). The monoisotopic (exact) mass is 357 g/mol. The van der Waals surface area contributed by atoms with Gasteiger partial charge in [-0.05, 0) is 37.5 Å². The van der Waals surface area contributed by atoms with E-state index in [0.29, 0.717) is 35.6 Å². The zero-order valence-electron chi connectivity index (χ0n) is 14.9. The Balaban J connectivity index is 1.37. The molecule has 138 valence electrons. The van der Waals surface area contributed by atoms with Gasteiger partial charge in [-0.25, -0.2) is 4.98 Å². The highest BCUT2D eigenvalue weighted by molar-refractivity contribution is 5.95. The molecule has 2 atom stereocenters. The molecule has 3 heterocycles. The summed E-state index contributed by atoms with van der Waals surface area (Å²) < 4.78 is 10.1. The minimum Gasteiger partial charge on any atom is -0.378 e. The molecular weight excluding hydrogens is 334 g/mol. The van der Waals surface area contributed by atoms with Crippen molar-refractivity contribution in [3.63, 3.8) is 0 Å². The predicted molar refractivity (Wildman–Crippen MR) is 90.4 cm³/mol. The van der Waals surface area contributed by atoms with Gasteiger partial charge in [-0.2, -0.15) is 5.10 Å². The van der Waals surface area contributed by atoms with Crippen LogP contribution in [-0.4, -0.2) is 51.3 Å². The fourth-order valence-corrected chi connectivity index (χ4v) is 4.11. The van der Waals surface area contributed by atoms with E-state index in [1.54, 1.807) is 7.11 Å². The van der Waals surface area contributed by atoms with Crippen LogP contribution in [0, 0.1) is 11.8 Å². The molecule has 26 heavy (non-hydrogen) atoms. The summed E-state index contributed by atoms with van der Waals surface area (Å²) in [6.07, 6.45) is 6.29. The minimum absolute atomic E-state index is 0.0339. The van der Waals surface area contributed by atoms with Gasteiger partial charge in [-0.3, -0.25) is 9.89 Å². The van der Waals surface area contributed by atoms with Crippen LogP contribution in [0.2, 0.25) is 0 Å². The molecule has 1 aliphatic heterocycles. The molecule has 0 unspecified atom stereocenters. The number of likely N-dealkylation sites (tertiary alicyclic amines) is 1. The summed E-state index contributed by atoms with van der Waals surface area (Å²) in [5.74, 6) is 3.76. The Labute approximate surface area is 151 Å². The summed E-state index contributed by atoms with van der Waals surface area (Å²) in [6.45, 7) is 1.69. The number of nitrogens with zero attached hydrogens (tertiary/aromatic N) is 4. The average Bonchev–Trinajstić information content (AvgIpc) is 3.53. The van der Waals surface area contributed by atoms with E-state index in [1.807, 2.05) is 4.90 Å². The number of amides is 1. The van der Waals surface area contributed by atoms with Gasteiger partial charge in [0.15, 0.2) is 5.82 Å². The molecular formula is C18H23N5O3. The van der Waals surface area contributed by atoms with Crippen molar-refractivity contribution in [2.24, 2.45) is 11.8 Å². The number of aromatic nitrogens is 4. The summed E-state index contributed by atoms with van der Waals surface area (Å²) in [6, 6.07) is 0. The average molecular weight is 357 g/mol. The molecule has 1 N–H and O–H groups in total. The quantitative estimate of drug-likeness (QED) is 0.850. The van der Waals surface area contributed by atoms with Gasteiger partial charge in [0.1, 0.15) is 23.3 Å². The fraction of sp³-hybridized carbons (Fsp3) is 0.667. The van der Waals surface area contributed by atoms with E-state index >= 15 is 0 Å². The van der Waals surface area contributed by atoms with E-state index in [0.717, 1.165) is 18.2 Å². The van der Waals surface area contributed by atoms with Crippen LogP contribution in [0.1, 0.15) is 65.2 Å². The third-order valence-electron chi connectivity index (χ3n) is 5.85. The summed E-state index contributed by atoms with van der Waals surface area (Å²) in [5.41, 5.74) is 1.05. The van der Waals surface area contributed by atoms with Crippen LogP contribution in [0.5, 0.6) is 0 Å². The zero-order valence-corrected chi connectivity index (χ0v) is 14.9. The van der Waals surface area contributed by atoms with Gasteiger partial charge >= 0.3 is 0 Å². The van der Waals surface area contributed by atoms with Crippen LogP contribution in [0.15, 0.2) is 10.8 Å². The Morgan fingerprint density at radius 2 is 2.19 bits per heavy atom. The number of nitrogens with one attached hydrogen (secondary N) is 1. The molecule has 8 heteroatoms. The molecule has 0 spiro atoms. The van der Waals surface area contributed by atoms with Gasteiger partial charge in [-0.15, -0.1) is 0 Å². The number of ether oxygens (including phenoxy) is 1. The number of carbonyl (C=O) groups is 1. The first kappa shape index (κ1) is 16.0. The molecule has 2 saturated carbocycles. The van der Waals surface area contributed by atoms with Crippen molar-refractivity contribution < 1.29 is 14.1 Å². The van der Waals surface area contributed by atoms with Crippen LogP contribution in [-0.2, 0) is 11.3 Å². The highest BCUT2D eigenvalue weighted by atomic mass is 16.5. The molecule has 8 nitrogen and oxygen atoms in total. The summed E-state index contributed by atoms with van der Waals surface area (Å²) in [5, 5.41) is 11.5. The summed E-state index contributed by atoms with van der Waals surface area (Å²) in [7, 11) is 1.58. The van der Waals surface area contributed by atoms with Crippen molar-refractivity contribution in [2.75, 3.05) is 20.2 Å². The lowest BCUT2D eigenvalue weighted by Crippen LogP contribution is -2.29. The minimum atomic E-state index is -0.0339. The molecule has 1 amide bonds. The number of hydrogen-bond acceptors (Lipinski definition) is 6. The van der Waals surface area contributed by atoms with Crippen molar-refractivity contribution in [1.29, 1.82) is 0 Å². The van der Waals surface area contributed by atoms with Crippen LogP contribution in [0.4, 0.5) is 0 Å². The molecule has 0 radical (unpaired) electrons. The molecule has 3 fully saturated rings. The Morgan fingerprint density at radius 1 is 1.35 bits per heavy atom. The lowest BCUT2D eigenvalue weighted by Gasteiger charge is -2.15. The molecule has 0 aromatic carbocycles. The number of methoxy groups -OCH3 is 1. The lowest BCUT2D eigenvalue weighted by atomic mass is 9.91. The predicted octanol–water partition coefficient (Wildman–Crippen LogP) is 2.08. The largest absolute Gasteiger partial charge is 0.378 e. The second-order valence-electron chi connectivity index (χ2n) is 7.78. The van der Waals surface area contributed by atoms with Crippen LogP contribution >= 0.6 is 0 Å². The first-order valence-corrected chi connectivity index (χ1v) is 9.38.